The van der Waals surface area contributed by atoms with Crippen molar-refractivity contribution in [3.63, 3.8) is 0 Å². The fraction of sp³-hybridized carbons (Fsp3) is 0.375. The SMILES string of the molecule is COc1cccc2c1Nc1c(C)cc(OC(C)=O)cc1N(C/C=C(\C)CC/C=C(\C)CCC=C(C)C)C2=O. The molecule has 0 saturated heterocycles. The molecule has 0 radical (unpaired) electrons. The topological polar surface area (TPSA) is 67.9 Å². The first-order chi connectivity index (χ1) is 18.1. The van der Waals surface area contributed by atoms with E-state index in [0.717, 1.165) is 36.9 Å². The van der Waals surface area contributed by atoms with Gasteiger partial charge >= 0.3 is 5.97 Å². The minimum Gasteiger partial charge on any atom is -0.495 e. The summed E-state index contributed by atoms with van der Waals surface area (Å²) in [7, 11) is 1.59. The molecule has 0 fully saturated rings. The van der Waals surface area contributed by atoms with Crippen LogP contribution in [0.25, 0.3) is 0 Å². The number of esters is 1. The molecule has 3 rings (SSSR count). The Morgan fingerprint density at radius 1 is 0.947 bits per heavy atom. The van der Waals surface area contributed by atoms with E-state index in [9.17, 15) is 9.59 Å². The van der Waals surface area contributed by atoms with Crippen molar-refractivity contribution in [1.29, 1.82) is 0 Å². The molecule has 1 aliphatic rings. The molecule has 2 aromatic rings. The van der Waals surface area contributed by atoms with Crippen LogP contribution in [0.15, 0.2) is 65.3 Å². The number of fused-ring (bicyclic) bond motifs is 2. The molecule has 1 heterocycles. The van der Waals surface area contributed by atoms with E-state index in [-0.39, 0.29) is 5.91 Å². The number of hydrogen-bond acceptors (Lipinski definition) is 5. The van der Waals surface area contributed by atoms with Crippen molar-refractivity contribution in [3.8, 4) is 11.5 Å². The molecule has 6 heteroatoms. The highest BCUT2D eigenvalue weighted by Gasteiger charge is 2.29. The van der Waals surface area contributed by atoms with Gasteiger partial charge in [0.05, 0.1) is 29.7 Å². The van der Waals surface area contributed by atoms with Crippen molar-refractivity contribution in [2.75, 3.05) is 23.9 Å². The van der Waals surface area contributed by atoms with Gasteiger partial charge in [0.25, 0.3) is 5.91 Å². The van der Waals surface area contributed by atoms with Crippen molar-refractivity contribution < 1.29 is 19.1 Å². The molecule has 1 aliphatic heterocycles. The Morgan fingerprint density at radius 3 is 2.29 bits per heavy atom. The summed E-state index contributed by atoms with van der Waals surface area (Å²) in [5.74, 6) is 0.434. The van der Waals surface area contributed by atoms with Crippen LogP contribution in [0, 0.1) is 6.92 Å². The van der Waals surface area contributed by atoms with E-state index in [0.29, 0.717) is 35.0 Å². The van der Waals surface area contributed by atoms with Crippen LogP contribution < -0.4 is 19.7 Å². The van der Waals surface area contributed by atoms with Crippen molar-refractivity contribution in [1.82, 2.24) is 0 Å². The molecule has 0 unspecified atom stereocenters. The number of carbonyl (C=O) groups excluding carboxylic acids is 2. The third-order valence-electron chi connectivity index (χ3n) is 6.56. The monoisotopic (exact) mass is 516 g/mol. The maximum absolute atomic E-state index is 13.9. The van der Waals surface area contributed by atoms with Crippen LogP contribution in [0.5, 0.6) is 11.5 Å². The van der Waals surface area contributed by atoms with Gasteiger partial charge in [0, 0.05) is 19.5 Å². The van der Waals surface area contributed by atoms with Gasteiger partial charge in [-0.25, -0.2) is 0 Å². The van der Waals surface area contributed by atoms with Crippen LogP contribution in [0.2, 0.25) is 0 Å². The number of anilines is 3. The Labute approximate surface area is 227 Å². The zero-order chi connectivity index (χ0) is 27.8. The number of rotatable bonds is 10. The number of nitrogens with zero attached hydrogens (tertiary/aromatic N) is 1. The zero-order valence-electron chi connectivity index (χ0n) is 23.7. The highest BCUT2D eigenvalue weighted by Crippen LogP contribution is 2.43. The lowest BCUT2D eigenvalue weighted by atomic mass is 10.1. The summed E-state index contributed by atoms with van der Waals surface area (Å²) in [5, 5.41) is 3.43. The third kappa shape index (κ3) is 7.37. The van der Waals surface area contributed by atoms with Crippen molar-refractivity contribution in [2.24, 2.45) is 0 Å². The molecule has 6 nitrogen and oxygen atoms in total. The lowest BCUT2D eigenvalue weighted by Gasteiger charge is -2.23. The molecule has 0 saturated carbocycles. The molecule has 38 heavy (non-hydrogen) atoms. The number of amides is 1. The highest BCUT2D eigenvalue weighted by atomic mass is 16.5. The van der Waals surface area contributed by atoms with Crippen LogP contribution in [0.1, 0.15) is 76.2 Å². The molecule has 0 spiro atoms. The van der Waals surface area contributed by atoms with E-state index in [1.165, 1.54) is 23.6 Å². The molecular weight excluding hydrogens is 476 g/mol. The number of carbonyl (C=O) groups is 2. The highest BCUT2D eigenvalue weighted by molar-refractivity contribution is 6.15. The van der Waals surface area contributed by atoms with E-state index in [1.54, 1.807) is 30.2 Å². The van der Waals surface area contributed by atoms with Gasteiger partial charge in [0.15, 0.2) is 0 Å². The van der Waals surface area contributed by atoms with Crippen LogP contribution in [0.4, 0.5) is 17.1 Å². The van der Waals surface area contributed by atoms with Gasteiger partial charge in [0.1, 0.15) is 11.5 Å². The third-order valence-corrected chi connectivity index (χ3v) is 6.56. The van der Waals surface area contributed by atoms with Gasteiger partial charge in [0.2, 0.25) is 0 Å². The number of aryl methyl sites for hydroxylation is 1. The summed E-state index contributed by atoms with van der Waals surface area (Å²) in [6.45, 7) is 12.2. The normalized spacial score (nSPS) is 13.2. The van der Waals surface area contributed by atoms with E-state index in [4.69, 9.17) is 9.47 Å². The van der Waals surface area contributed by atoms with Gasteiger partial charge in [-0.05, 0) is 84.1 Å². The molecule has 0 bridgehead atoms. The first kappa shape index (κ1) is 28.8. The Hall–Kier alpha value is -3.80. The largest absolute Gasteiger partial charge is 0.495 e. The maximum Gasteiger partial charge on any atom is 0.308 e. The second-order valence-electron chi connectivity index (χ2n) is 10.1. The minimum absolute atomic E-state index is 0.149. The Bertz CT molecular complexity index is 1280. The Balaban J connectivity index is 1.89. The first-order valence-electron chi connectivity index (χ1n) is 13.1. The van der Waals surface area contributed by atoms with Gasteiger partial charge in [-0.3, -0.25) is 9.59 Å². The van der Waals surface area contributed by atoms with Gasteiger partial charge in [-0.2, -0.15) is 0 Å². The molecule has 1 amide bonds. The number of allylic oxidation sites excluding steroid dienone is 5. The molecule has 0 aliphatic carbocycles. The van der Waals surface area contributed by atoms with E-state index >= 15 is 0 Å². The summed E-state index contributed by atoms with van der Waals surface area (Å²) in [6, 6.07) is 8.98. The lowest BCUT2D eigenvalue weighted by molar-refractivity contribution is -0.131. The summed E-state index contributed by atoms with van der Waals surface area (Å²) < 4.78 is 11.0. The molecule has 202 valence electrons. The molecule has 0 atom stereocenters. The molecular formula is C32H40N2O4. The predicted molar refractivity (Wildman–Crippen MR) is 156 cm³/mol. The van der Waals surface area contributed by atoms with Gasteiger partial charge in [-0.15, -0.1) is 0 Å². The zero-order valence-corrected chi connectivity index (χ0v) is 23.7. The molecule has 2 aromatic carbocycles. The fourth-order valence-electron chi connectivity index (χ4n) is 4.49. The first-order valence-corrected chi connectivity index (χ1v) is 13.1. The summed E-state index contributed by atoms with van der Waals surface area (Å²) in [5.41, 5.74) is 7.40. The summed E-state index contributed by atoms with van der Waals surface area (Å²) in [6.07, 6.45) is 10.7. The van der Waals surface area contributed by atoms with Gasteiger partial charge < -0.3 is 19.7 Å². The molecule has 0 aromatic heterocycles. The lowest BCUT2D eigenvalue weighted by Crippen LogP contribution is -2.30. The number of para-hydroxylation sites is 1. The van der Waals surface area contributed by atoms with Crippen molar-refractivity contribution in [2.45, 2.75) is 67.2 Å². The average Bonchev–Trinajstić information content (AvgIpc) is 2.96. The summed E-state index contributed by atoms with van der Waals surface area (Å²) >= 11 is 0. The van der Waals surface area contributed by atoms with E-state index in [2.05, 4.69) is 51.2 Å². The predicted octanol–water partition coefficient (Wildman–Crippen LogP) is 8.05. The number of ether oxygens (including phenoxy) is 2. The standard InChI is InChI=1S/C32H40N2O4/c1-21(2)11-8-12-22(3)13-9-14-23(4)17-18-34-28-20-26(38-25(6)35)19-24(5)30(28)33-31-27(32(34)36)15-10-16-29(31)37-7/h10-11,13,15-17,19-20,33H,8-9,12,14,18H2,1-7H3/b22-13+,23-17+. The van der Waals surface area contributed by atoms with Crippen molar-refractivity contribution >= 4 is 28.9 Å². The van der Waals surface area contributed by atoms with E-state index < -0.39 is 5.97 Å². The minimum atomic E-state index is -0.409. The van der Waals surface area contributed by atoms with Crippen LogP contribution >= 0.6 is 0 Å². The van der Waals surface area contributed by atoms with E-state index in [1.807, 2.05) is 19.1 Å². The maximum atomic E-state index is 13.9. The van der Waals surface area contributed by atoms with Gasteiger partial charge in [-0.1, -0.05) is 41.0 Å². The number of hydrogen-bond donors (Lipinski definition) is 1. The quantitative estimate of drug-likeness (QED) is 0.197. The molecule has 1 N–H and O–H groups in total. The van der Waals surface area contributed by atoms with Crippen LogP contribution in [0.3, 0.4) is 0 Å². The summed E-state index contributed by atoms with van der Waals surface area (Å²) in [4.78, 5) is 27.3. The van der Waals surface area contributed by atoms with Crippen LogP contribution in [-0.4, -0.2) is 25.5 Å². The Kier molecular flexibility index (Phi) is 9.94. The average molecular weight is 517 g/mol. The number of methoxy groups -OCH3 is 1. The van der Waals surface area contributed by atoms with Crippen molar-refractivity contribution in [3.05, 3.63) is 76.4 Å². The second-order valence-corrected chi connectivity index (χ2v) is 10.1. The van der Waals surface area contributed by atoms with Crippen LogP contribution in [-0.2, 0) is 4.79 Å². The number of nitrogens with one attached hydrogen (secondary N) is 1. The second kappa shape index (κ2) is 13.1. The fourth-order valence-corrected chi connectivity index (χ4v) is 4.49. The Morgan fingerprint density at radius 2 is 1.63 bits per heavy atom. The smallest absolute Gasteiger partial charge is 0.308 e. The number of benzene rings is 2.